The molecular weight excluding hydrogens is 342 g/mol. The van der Waals surface area contributed by atoms with Gasteiger partial charge in [0.2, 0.25) is 0 Å². The minimum atomic E-state index is -5.14. The van der Waals surface area contributed by atoms with E-state index in [1.807, 2.05) is 27.7 Å². The molecule has 0 aromatic heterocycles. The first-order valence-corrected chi connectivity index (χ1v) is 10.6. The van der Waals surface area contributed by atoms with Crippen molar-refractivity contribution in [1.82, 2.24) is 0 Å². The monoisotopic (exact) mass is 366 g/mol. The number of benzene rings is 1. The smallest absolute Gasteiger partial charge is 0.404 e. The predicted molar refractivity (Wildman–Crippen MR) is 87.5 cm³/mol. The normalized spacial score (nSPS) is 14.6. The van der Waals surface area contributed by atoms with Crippen molar-refractivity contribution in [3.05, 3.63) is 28.3 Å². The van der Waals surface area contributed by atoms with E-state index < -0.39 is 15.6 Å². The summed E-state index contributed by atoms with van der Waals surface area (Å²) in [4.78, 5) is 27.0. The molecule has 132 valence electrons. The molecule has 0 aliphatic rings. The lowest BCUT2D eigenvalue weighted by atomic mass is 9.89. The van der Waals surface area contributed by atoms with E-state index in [0.717, 1.165) is 29.5 Å². The van der Waals surface area contributed by atoms with Crippen molar-refractivity contribution in [1.29, 1.82) is 0 Å². The molecule has 1 aromatic carbocycles. The van der Waals surface area contributed by atoms with Crippen molar-refractivity contribution in [3.8, 4) is 5.75 Å². The third-order valence-electron chi connectivity index (χ3n) is 3.58. The highest BCUT2D eigenvalue weighted by atomic mass is 31.3. The third-order valence-corrected chi connectivity index (χ3v) is 5.69. The Hall–Kier alpha value is -0.680. The molecule has 0 saturated carbocycles. The summed E-state index contributed by atoms with van der Waals surface area (Å²) in [6.45, 7) is 7.88. The van der Waals surface area contributed by atoms with Crippen molar-refractivity contribution in [2.75, 3.05) is 0 Å². The van der Waals surface area contributed by atoms with Crippen LogP contribution in [0.5, 0.6) is 5.75 Å². The molecule has 0 fully saturated rings. The van der Waals surface area contributed by atoms with Gasteiger partial charge in [-0.05, 0) is 54.0 Å². The Balaban J connectivity index is 3.41. The third kappa shape index (κ3) is 5.42. The van der Waals surface area contributed by atoms with Crippen LogP contribution in [0.2, 0.25) is 0 Å². The number of aryl methyl sites for hydroxylation is 1. The van der Waals surface area contributed by atoms with Gasteiger partial charge in [0.15, 0.2) is 0 Å². The summed E-state index contributed by atoms with van der Waals surface area (Å²) in [5, 5.41) is 0. The average molecular weight is 366 g/mol. The molecular formula is C14H24O7P2. The first-order valence-electron chi connectivity index (χ1n) is 7.54. The molecule has 0 heterocycles. The quantitative estimate of drug-likeness (QED) is 0.603. The van der Waals surface area contributed by atoms with Gasteiger partial charge in [-0.15, -0.1) is 0 Å². The maximum atomic E-state index is 11.8. The highest BCUT2D eigenvalue weighted by molar-refractivity contribution is 7.60. The number of hydrogen-bond donors (Lipinski definition) is 3. The Kier molecular flexibility index (Phi) is 7.02. The second kappa shape index (κ2) is 7.93. The van der Waals surface area contributed by atoms with E-state index >= 15 is 0 Å². The van der Waals surface area contributed by atoms with Gasteiger partial charge in [-0.2, -0.15) is 4.31 Å². The highest BCUT2D eigenvalue weighted by Gasteiger charge is 2.34. The summed E-state index contributed by atoms with van der Waals surface area (Å²) in [6.07, 6.45) is 2.83. The first-order chi connectivity index (χ1) is 10.6. The fraction of sp³-hybridized carbons (Fsp3) is 0.571. The van der Waals surface area contributed by atoms with Gasteiger partial charge in [0.05, 0.1) is 0 Å². The standard InChI is InChI=1S/C14H24O7P2/c1-5-10-9-14(20-23(18,19)21-22(15,16)17)13(8-4)12(7-3)11(10)6-2/h9H,5-8H2,1-4H3,(H,18,19)(H2,15,16,17). The fourth-order valence-electron chi connectivity index (χ4n) is 2.78. The zero-order valence-corrected chi connectivity index (χ0v) is 15.6. The van der Waals surface area contributed by atoms with E-state index in [-0.39, 0.29) is 5.75 Å². The second-order valence-electron chi connectivity index (χ2n) is 5.02. The average Bonchev–Trinajstić information content (AvgIpc) is 2.42. The van der Waals surface area contributed by atoms with E-state index in [4.69, 9.17) is 14.3 Å². The van der Waals surface area contributed by atoms with Crippen molar-refractivity contribution in [3.63, 3.8) is 0 Å². The van der Waals surface area contributed by atoms with Crippen LogP contribution < -0.4 is 4.52 Å². The number of hydrogen-bond acceptors (Lipinski definition) is 4. The number of rotatable bonds is 8. The predicted octanol–water partition coefficient (Wildman–Crippen LogP) is 3.52. The Morgan fingerprint density at radius 1 is 0.870 bits per heavy atom. The topological polar surface area (TPSA) is 113 Å². The van der Waals surface area contributed by atoms with Crippen LogP contribution in [-0.2, 0) is 39.1 Å². The molecule has 1 atom stereocenters. The fourth-order valence-corrected chi connectivity index (χ4v) is 4.40. The summed E-state index contributed by atoms with van der Waals surface area (Å²) in [5.41, 5.74) is 3.96. The van der Waals surface area contributed by atoms with Crippen molar-refractivity contribution in [2.24, 2.45) is 0 Å². The van der Waals surface area contributed by atoms with Crippen LogP contribution in [0, 0.1) is 0 Å². The second-order valence-corrected chi connectivity index (χ2v) is 7.77. The molecule has 3 N–H and O–H groups in total. The van der Waals surface area contributed by atoms with Crippen LogP contribution in [0.4, 0.5) is 0 Å². The van der Waals surface area contributed by atoms with Gasteiger partial charge in [0, 0.05) is 0 Å². The molecule has 0 saturated heterocycles. The Morgan fingerprint density at radius 2 is 1.39 bits per heavy atom. The van der Waals surface area contributed by atoms with E-state index in [2.05, 4.69) is 4.31 Å². The van der Waals surface area contributed by atoms with Gasteiger partial charge in [-0.25, -0.2) is 9.13 Å². The van der Waals surface area contributed by atoms with Gasteiger partial charge < -0.3 is 14.3 Å². The molecule has 1 rings (SSSR count). The van der Waals surface area contributed by atoms with E-state index in [1.54, 1.807) is 6.07 Å². The first kappa shape index (κ1) is 20.4. The zero-order valence-electron chi connectivity index (χ0n) is 13.8. The van der Waals surface area contributed by atoms with Gasteiger partial charge >= 0.3 is 15.6 Å². The largest absolute Gasteiger partial charge is 0.536 e. The lowest BCUT2D eigenvalue weighted by Crippen LogP contribution is -2.06. The minimum Gasteiger partial charge on any atom is -0.404 e. The van der Waals surface area contributed by atoms with Crippen LogP contribution in [0.1, 0.15) is 49.9 Å². The molecule has 0 aliphatic heterocycles. The number of phosphoric acid groups is 2. The summed E-state index contributed by atoms with van der Waals surface area (Å²) in [5.74, 6) is 0.137. The summed E-state index contributed by atoms with van der Waals surface area (Å²) < 4.78 is 31.5. The SMILES string of the molecule is CCc1cc(OP(=O)(O)OP(=O)(O)O)c(CC)c(CC)c1CC. The summed E-state index contributed by atoms with van der Waals surface area (Å²) in [6, 6.07) is 1.66. The van der Waals surface area contributed by atoms with Gasteiger partial charge in [-0.1, -0.05) is 27.7 Å². The van der Waals surface area contributed by atoms with Crippen LogP contribution in [-0.4, -0.2) is 14.7 Å². The molecule has 0 aliphatic carbocycles. The summed E-state index contributed by atoms with van der Waals surface area (Å²) >= 11 is 0. The molecule has 0 spiro atoms. The molecule has 23 heavy (non-hydrogen) atoms. The van der Waals surface area contributed by atoms with E-state index in [1.165, 1.54) is 5.56 Å². The molecule has 9 heteroatoms. The molecule has 0 radical (unpaired) electrons. The number of phosphoric ester groups is 1. The molecule has 1 aromatic rings. The van der Waals surface area contributed by atoms with Crippen LogP contribution in [0.3, 0.4) is 0 Å². The molecule has 7 nitrogen and oxygen atoms in total. The van der Waals surface area contributed by atoms with Crippen LogP contribution in [0.15, 0.2) is 6.07 Å². The lowest BCUT2D eigenvalue weighted by molar-refractivity contribution is 0.229. The molecule has 1 unspecified atom stereocenters. The van der Waals surface area contributed by atoms with E-state index in [0.29, 0.717) is 12.8 Å². The zero-order chi connectivity index (χ0) is 17.8. The Labute approximate surface area is 136 Å². The Morgan fingerprint density at radius 3 is 1.78 bits per heavy atom. The Bertz CT molecular complexity index is 651. The maximum absolute atomic E-state index is 11.8. The maximum Gasteiger partial charge on any atom is 0.536 e. The summed E-state index contributed by atoms with van der Waals surface area (Å²) in [7, 11) is -10.1. The van der Waals surface area contributed by atoms with Crippen molar-refractivity contribution < 1.29 is 32.6 Å². The molecule has 0 amide bonds. The highest BCUT2D eigenvalue weighted by Crippen LogP contribution is 2.57. The van der Waals surface area contributed by atoms with Gasteiger partial charge in [0.1, 0.15) is 5.75 Å². The van der Waals surface area contributed by atoms with E-state index in [9.17, 15) is 14.0 Å². The van der Waals surface area contributed by atoms with Gasteiger partial charge in [-0.3, -0.25) is 4.89 Å². The molecule has 0 bridgehead atoms. The minimum absolute atomic E-state index is 0.137. The van der Waals surface area contributed by atoms with Gasteiger partial charge in [0.25, 0.3) is 0 Å². The van der Waals surface area contributed by atoms with Crippen LogP contribution in [0.25, 0.3) is 0 Å². The van der Waals surface area contributed by atoms with Crippen molar-refractivity contribution >= 4 is 15.6 Å². The van der Waals surface area contributed by atoms with Crippen LogP contribution >= 0.6 is 15.6 Å². The van der Waals surface area contributed by atoms with Crippen molar-refractivity contribution in [2.45, 2.75) is 53.4 Å². The lowest BCUT2D eigenvalue weighted by Gasteiger charge is -2.21.